The summed E-state index contributed by atoms with van der Waals surface area (Å²) in [7, 11) is 0. The first-order valence-corrected chi connectivity index (χ1v) is 9.11. The minimum Gasteiger partial charge on any atom is -0.354 e. The molecule has 0 aliphatic carbocycles. The van der Waals surface area contributed by atoms with Crippen molar-refractivity contribution in [2.45, 2.75) is 20.8 Å². The molecule has 0 saturated carbocycles. The number of benzene rings is 2. The highest BCUT2D eigenvalue weighted by atomic mass is 16.1. The van der Waals surface area contributed by atoms with Gasteiger partial charge in [0.1, 0.15) is 0 Å². The maximum absolute atomic E-state index is 12.8. The van der Waals surface area contributed by atoms with Crippen LogP contribution in [0.25, 0.3) is 21.8 Å². The molecule has 0 unspecified atom stereocenters. The quantitative estimate of drug-likeness (QED) is 0.671. The number of H-pyrrole nitrogens is 1. The molecule has 0 bridgehead atoms. The highest BCUT2D eigenvalue weighted by molar-refractivity contribution is 6.08. The fourth-order valence-corrected chi connectivity index (χ4v) is 3.31. The Morgan fingerprint density at radius 2 is 1.85 bits per heavy atom. The van der Waals surface area contributed by atoms with Crippen LogP contribution in [0.5, 0.6) is 0 Å². The molecule has 0 aliphatic heterocycles. The number of hydrogen-bond donors (Lipinski definition) is 2. The maximum atomic E-state index is 12.8. The van der Waals surface area contributed by atoms with Crippen molar-refractivity contribution in [2.75, 3.05) is 26.2 Å². The van der Waals surface area contributed by atoms with E-state index in [4.69, 9.17) is 0 Å². The van der Waals surface area contributed by atoms with Crippen molar-refractivity contribution in [3.05, 3.63) is 57.7 Å². The number of rotatable bonds is 6. The number of para-hydroxylation sites is 1. The van der Waals surface area contributed by atoms with Crippen LogP contribution in [-0.2, 0) is 0 Å². The molecule has 136 valence electrons. The van der Waals surface area contributed by atoms with E-state index in [1.54, 1.807) is 6.07 Å². The van der Waals surface area contributed by atoms with Gasteiger partial charge in [-0.05, 0) is 49.8 Å². The van der Waals surface area contributed by atoms with Gasteiger partial charge in [0.25, 0.3) is 5.91 Å². The Morgan fingerprint density at radius 1 is 1.12 bits per heavy atom. The van der Waals surface area contributed by atoms with Crippen molar-refractivity contribution in [3.63, 3.8) is 0 Å². The summed E-state index contributed by atoms with van der Waals surface area (Å²) in [5, 5.41) is 4.17. The van der Waals surface area contributed by atoms with Crippen LogP contribution in [0.3, 0.4) is 0 Å². The zero-order valence-corrected chi connectivity index (χ0v) is 15.6. The fourth-order valence-electron chi connectivity index (χ4n) is 3.31. The Balaban J connectivity index is 2.00. The topological polar surface area (TPSA) is 65.2 Å². The molecule has 5 heteroatoms. The van der Waals surface area contributed by atoms with Crippen molar-refractivity contribution >= 4 is 27.7 Å². The monoisotopic (exact) mass is 351 g/mol. The summed E-state index contributed by atoms with van der Waals surface area (Å²) in [6.45, 7) is 9.42. The number of nitrogens with one attached hydrogen (secondary N) is 2. The summed E-state index contributed by atoms with van der Waals surface area (Å²) in [6.07, 6.45) is 0. The van der Waals surface area contributed by atoms with Crippen molar-refractivity contribution < 1.29 is 4.79 Å². The molecule has 5 nitrogen and oxygen atoms in total. The molecule has 3 aromatic rings. The predicted molar refractivity (Wildman–Crippen MR) is 107 cm³/mol. The first-order chi connectivity index (χ1) is 12.5. The van der Waals surface area contributed by atoms with Crippen molar-refractivity contribution in [3.8, 4) is 0 Å². The van der Waals surface area contributed by atoms with Gasteiger partial charge in [-0.25, -0.2) is 0 Å². The lowest BCUT2D eigenvalue weighted by Crippen LogP contribution is -2.35. The second-order valence-electron chi connectivity index (χ2n) is 6.52. The van der Waals surface area contributed by atoms with Gasteiger partial charge in [0.2, 0.25) is 0 Å². The van der Waals surface area contributed by atoms with E-state index in [2.05, 4.69) is 29.0 Å². The Labute approximate surface area is 153 Å². The van der Waals surface area contributed by atoms with Crippen LogP contribution in [0.15, 0.2) is 41.2 Å². The summed E-state index contributed by atoms with van der Waals surface area (Å²) in [5.41, 5.74) is 2.70. The standard InChI is InChI=1S/C21H25N3O2/c1-4-24(5-2)11-10-22-21(26)17-13-14(3)12-16-19(17)23-18-9-7-6-8-15(18)20(16)25/h6-9,12-13H,4-5,10-11H2,1-3H3,(H,22,26)(H,23,25). The molecule has 2 aromatic carbocycles. The Morgan fingerprint density at radius 3 is 2.58 bits per heavy atom. The van der Waals surface area contributed by atoms with E-state index >= 15 is 0 Å². The Hall–Kier alpha value is -2.66. The molecular weight excluding hydrogens is 326 g/mol. The number of nitrogens with zero attached hydrogens (tertiary/aromatic N) is 1. The van der Waals surface area contributed by atoms with Gasteiger partial charge < -0.3 is 15.2 Å². The average molecular weight is 351 g/mol. The molecule has 3 rings (SSSR count). The number of carbonyl (C=O) groups is 1. The van der Waals surface area contributed by atoms with Crippen LogP contribution >= 0.6 is 0 Å². The number of pyridine rings is 1. The van der Waals surface area contributed by atoms with Crippen LogP contribution in [0.1, 0.15) is 29.8 Å². The van der Waals surface area contributed by atoms with Gasteiger partial charge in [0, 0.05) is 29.4 Å². The third-order valence-electron chi connectivity index (χ3n) is 4.81. The first-order valence-electron chi connectivity index (χ1n) is 9.11. The third-order valence-corrected chi connectivity index (χ3v) is 4.81. The Kier molecular flexibility index (Phi) is 5.38. The van der Waals surface area contributed by atoms with E-state index in [1.165, 1.54) is 0 Å². The van der Waals surface area contributed by atoms with Gasteiger partial charge in [-0.15, -0.1) is 0 Å². The lowest BCUT2D eigenvalue weighted by atomic mass is 10.0. The van der Waals surface area contributed by atoms with Crippen LogP contribution in [-0.4, -0.2) is 42.0 Å². The van der Waals surface area contributed by atoms with E-state index in [-0.39, 0.29) is 11.3 Å². The van der Waals surface area contributed by atoms with Crippen molar-refractivity contribution in [2.24, 2.45) is 0 Å². The number of amides is 1. The molecular formula is C21H25N3O2. The number of likely N-dealkylation sites (N-methyl/N-ethyl adjacent to an activating group) is 1. The van der Waals surface area contributed by atoms with E-state index in [0.717, 1.165) is 30.7 Å². The van der Waals surface area contributed by atoms with Gasteiger partial charge in [0.05, 0.1) is 11.1 Å². The van der Waals surface area contributed by atoms with Crippen LogP contribution in [0.4, 0.5) is 0 Å². The number of fused-ring (bicyclic) bond motifs is 2. The summed E-state index contributed by atoms with van der Waals surface area (Å²) < 4.78 is 0. The average Bonchev–Trinajstić information content (AvgIpc) is 2.65. The van der Waals surface area contributed by atoms with Crippen LogP contribution in [0, 0.1) is 6.92 Å². The molecule has 1 amide bonds. The zero-order valence-electron chi connectivity index (χ0n) is 15.6. The highest BCUT2D eigenvalue weighted by Crippen LogP contribution is 2.20. The molecule has 0 saturated heterocycles. The third kappa shape index (κ3) is 3.48. The molecule has 0 aliphatic rings. The van der Waals surface area contributed by atoms with E-state index in [0.29, 0.717) is 28.4 Å². The first kappa shape index (κ1) is 18.1. The number of aromatic amines is 1. The lowest BCUT2D eigenvalue weighted by molar-refractivity contribution is 0.0950. The second kappa shape index (κ2) is 7.70. The van der Waals surface area contributed by atoms with Crippen molar-refractivity contribution in [1.29, 1.82) is 0 Å². The van der Waals surface area contributed by atoms with Gasteiger partial charge in [-0.3, -0.25) is 9.59 Å². The minimum atomic E-state index is -0.156. The molecule has 26 heavy (non-hydrogen) atoms. The normalized spacial score (nSPS) is 11.4. The van der Waals surface area contributed by atoms with Gasteiger partial charge in [-0.1, -0.05) is 26.0 Å². The summed E-state index contributed by atoms with van der Waals surface area (Å²) in [5.74, 6) is -0.156. The summed E-state index contributed by atoms with van der Waals surface area (Å²) >= 11 is 0. The van der Waals surface area contributed by atoms with E-state index in [1.807, 2.05) is 37.3 Å². The Bertz CT molecular complexity index is 1000. The number of hydrogen-bond acceptors (Lipinski definition) is 3. The number of aromatic nitrogens is 1. The van der Waals surface area contributed by atoms with Gasteiger partial charge in [-0.2, -0.15) is 0 Å². The van der Waals surface area contributed by atoms with Crippen LogP contribution in [0.2, 0.25) is 0 Å². The number of aryl methyl sites for hydroxylation is 1. The van der Waals surface area contributed by atoms with E-state index < -0.39 is 0 Å². The smallest absolute Gasteiger partial charge is 0.253 e. The number of carbonyl (C=O) groups excluding carboxylic acids is 1. The molecule has 0 spiro atoms. The molecule has 0 radical (unpaired) electrons. The van der Waals surface area contributed by atoms with Gasteiger partial charge in [0.15, 0.2) is 5.43 Å². The highest BCUT2D eigenvalue weighted by Gasteiger charge is 2.15. The lowest BCUT2D eigenvalue weighted by Gasteiger charge is -2.18. The minimum absolute atomic E-state index is 0.0461. The molecule has 0 fully saturated rings. The van der Waals surface area contributed by atoms with Crippen LogP contribution < -0.4 is 10.7 Å². The van der Waals surface area contributed by atoms with Gasteiger partial charge >= 0.3 is 0 Å². The molecule has 0 atom stereocenters. The SMILES string of the molecule is CCN(CC)CCNC(=O)c1cc(C)cc2c(=O)c3ccccc3[nH]c12. The second-order valence-corrected chi connectivity index (χ2v) is 6.52. The molecule has 2 N–H and O–H groups in total. The summed E-state index contributed by atoms with van der Waals surface area (Å²) in [6, 6.07) is 11.1. The fraction of sp³-hybridized carbons (Fsp3) is 0.333. The molecule has 1 heterocycles. The van der Waals surface area contributed by atoms with Crippen molar-refractivity contribution in [1.82, 2.24) is 15.2 Å². The zero-order chi connectivity index (χ0) is 18.7. The molecule has 1 aromatic heterocycles. The predicted octanol–water partition coefficient (Wildman–Crippen LogP) is 3.06. The summed E-state index contributed by atoms with van der Waals surface area (Å²) in [4.78, 5) is 31.1. The van der Waals surface area contributed by atoms with E-state index in [9.17, 15) is 9.59 Å². The largest absolute Gasteiger partial charge is 0.354 e. The maximum Gasteiger partial charge on any atom is 0.253 e.